The van der Waals surface area contributed by atoms with Gasteiger partial charge in [-0.3, -0.25) is 4.79 Å². The minimum absolute atomic E-state index is 0.0781. The molecule has 0 fully saturated rings. The van der Waals surface area contributed by atoms with Gasteiger partial charge >= 0.3 is 0 Å². The Bertz CT molecular complexity index is 144. The Morgan fingerprint density at radius 1 is 1.23 bits per heavy atom. The molecule has 13 heavy (non-hydrogen) atoms. The number of hydrogen-bond acceptors (Lipinski definition) is 2. The van der Waals surface area contributed by atoms with Gasteiger partial charge in [-0.1, -0.05) is 20.8 Å². The van der Waals surface area contributed by atoms with Gasteiger partial charge in [-0.25, -0.2) is 0 Å². The molecule has 0 heterocycles. The Labute approximate surface area is 81.3 Å². The van der Waals surface area contributed by atoms with Crippen molar-refractivity contribution in [1.29, 1.82) is 0 Å². The molecule has 0 aromatic rings. The van der Waals surface area contributed by atoms with E-state index in [2.05, 4.69) is 24.5 Å². The van der Waals surface area contributed by atoms with Gasteiger partial charge in [0.05, 0.1) is 6.04 Å². The molecule has 3 heteroatoms. The fourth-order valence-corrected chi connectivity index (χ4v) is 1.22. The summed E-state index contributed by atoms with van der Waals surface area (Å²) < 4.78 is 0. The number of carbonyl (C=O) groups excluding carboxylic acids is 1. The van der Waals surface area contributed by atoms with E-state index in [1.165, 1.54) is 0 Å². The lowest BCUT2D eigenvalue weighted by molar-refractivity contribution is -0.123. The van der Waals surface area contributed by atoms with Crippen molar-refractivity contribution in [3.05, 3.63) is 0 Å². The molecule has 0 rings (SSSR count). The summed E-state index contributed by atoms with van der Waals surface area (Å²) in [6.07, 6.45) is 2.00. The van der Waals surface area contributed by atoms with Crippen LogP contribution in [0.15, 0.2) is 0 Å². The van der Waals surface area contributed by atoms with Crippen LogP contribution in [-0.2, 0) is 4.79 Å². The highest BCUT2D eigenvalue weighted by atomic mass is 16.2. The average Bonchev–Trinajstić information content (AvgIpc) is 2.14. The molecular weight excluding hydrogens is 164 g/mol. The molecule has 0 saturated carbocycles. The molecule has 0 bridgehead atoms. The van der Waals surface area contributed by atoms with E-state index in [0.717, 1.165) is 19.4 Å². The SMILES string of the molecule is CCNC(C)C(=O)NC(CC)CC. The second-order valence-electron chi connectivity index (χ2n) is 3.30. The first-order valence-electron chi connectivity index (χ1n) is 5.19. The number of nitrogens with one attached hydrogen (secondary N) is 2. The Morgan fingerprint density at radius 2 is 1.77 bits per heavy atom. The van der Waals surface area contributed by atoms with Gasteiger partial charge in [-0.05, 0) is 26.3 Å². The number of hydrogen-bond donors (Lipinski definition) is 2. The van der Waals surface area contributed by atoms with Gasteiger partial charge < -0.3 is 10.6 Å². The van der Waals surface area contributed by atoms with E-state index in [1.54, 1.807) is 0 Å². The summed E-state index contributed by atoms with van der Waals surface area (Å²) in [5.74, 6) is 0.107. The van der Waals surface area contributed by atoms with Crippen molar-refractivity contribution in [2.45, 2.75) is 52.6 Å². The largest absolute Gasteiger partial charge is 0.352 e. The van der Waals surface area contributed by atoms with E-state index in [9.17, 15) is 4.79 Å². The lowest BCUT2D eigenvalue weighted by Gasteiger charge is -2.18. The Kier molecular flexibility index (Phi) is 6.59. The summed E-state index contributed by atoms with van der Waals surface area (Å²) in [4.78, 5) is 11.5. The molecule has 78 valence electrons. The van der Waals surface area contributed by atoms with Crippen molar-refractivity contribution in [2.24, 2.45) is 0 Å². The lowest BCUT2D eigenvalue weighted by atomic mass is 10.1. The van der Waals surface area contributed by atoms with Gasteiger partial charge in [0.15, 0.2) is 0 Å². The van der Waals surface area contributed by atoms with Crippen LogP contribution in [0.1, 0.15) is 40.5 Å². The van der Waals surface area contributed by atoms with E-state index in [-0.39, 0.29) is 11.9 Å². The molecule has 0 saturated heterocycles. The van der Waals surface area contributed by atoms with Crippen molar-refractivity contribution in [2.75, 3.05) is 6.54 Å². The zero-order valence-corrected chi connectivity index (χ0v) is 9.18. The van der Waals surface area contributed by atoms with Gasteiger partial charge in [0.25, 0.3) is 0 Å². The van der Waals surface area contributed by atoms with E-state index < -0.39 is 0 Å². The molecule has 0 aliphatic rings. The molecule has 1 atom stereocenters. The highest BCUT2D eigenvalue weighted by Crippen LogP contribution is 1.96. The van der Waals surface area contributed by atoms with Crippen LogP contribution in [0, 0.1) is 0 Å². The predicted octanol–water partition coefficient (Wildman–Crippen LogP) is 1.29. The number of carbonyl (C=O) groups is 1. The van der Waals surface area contributed by atoms with Crippen LogP contribution in [0.25, 0.3) is 0 Å². The van der Waals surface area contributed by atoms with Crippen LogP contribution in [0.3, 0.4) is 0 Å². The van der Waals surface area contributed by atoms with Gasteiger partial charge in [0.2, 0.25) is 5.91 Å². The van der Waals surface area contributed by atoms with Gasteiger partial charge in [-0.2, -0.15) is 0 Å². The molecule has 0 aliphatic carbocycles. The zero-order chi connectivity index (χ0) is 10.3. The van der Waals surface area contributed by atoms with Gasteiger partial charge in [0, 0.05) is 6.04 Å². The zero-order valence-electron chi connectivity index (χ0n) is 9.18. The van der Waals surface area contributed by atoms with Gasteiger partial charge in [-0.15, -0.1) is 0 Å². The van der Waals surface area contributed by atoms with Crippen LogP contribution < -0.4 is 10.6 Å². The van der Waals surface area contributed by atoms with Crippen molar-refractivity contribution in [3.8, 4) is 0 Å². The fraction of sp³-hybridized carbons (Fsp3) is 0.900. The Hall–Kier alpha value is -0.570. The number of rotatable bonds is 6. The standard InChI is InChI=1S/C10H22N2O/c1-5-9(6-2)12-10(13)8(4)11-7-3/h8-9,11H,5-7H2,1-4H3,(H,12,13). The predicted molar refractivity (Wildman–Crippen MR) is 55.7 cm³/mol. The average molecular weight is 186 g/mol. The first kappa shape index (κ1) is 12.4. The van der Waals surface area contributed by atoms with Crippen molar-refractivity contribution < 1.29 is 4.79 Å². The molecule has 0 aromatic carbocycles. The molecular formula is C10H22N2O. The smallest absolute Gasteiger partial charge is 0.237 e. The first-order valence-corrected chi connectivity index (χ1v) is 5.19. The molecule has 0 spiro atoms. The molecule has 1 unspecified atom stereocenters. The maximum atomic E-state index is 11.5. The van der Waals surface area contributed by atoms with Crippen molar-refractivity contribution in [3.63, 3.8) is 0 Å². The topological polar surface area (TPSA) is 41.1 Å². The summed E-state index contributed by atoms with van der Waals surface area (Å²) in [6, 6.07) is 0.249. The number of amides is 1. The van der Waals surface area contributed by atoms with E-state index >= 15 is 0 Å². The highest BCUT2D eigenvalue weighted by Gasteiger charge is 2.13. The summed E-state index contributed by atoms with van der Waals surface area (Å²) in [6.45, 7) is 8.90. The third-order valence-electron chi connectivity index (χ3n) is 2.24. The summed E-state index contributed by atoms with van der Waals surface area (Å²) in [7, 11) is 0. The monoisotopic (exact) mass is 186 g/mol. The molecule has 0 radical (unpaired) electrons. The van der Waals surface area contributed by atoms with E-state index in [1.807, 2.05) is 13.8 Å². The van der Waals surface area contributed by atoms with Crippen LogP contribution in [0.5, 0.6) is 0 Å². The first-order chi connectivity index (χ1) is 6.15. The molecule has 1 amide bonds. The van der Waals surface area contributed by atoms with Crippen LogP contribution in [-0.4, -0.2) is 24.5 Å². The summed E-state index contributed by atoms with van der Waals surface area (Å²) in [5, 5.41) is 6.09. The molecule has 0 aromatic heterocycles. The quantitative estimate of drug-likeness (QED) is 0.656. The van der Waals surface area contributed by atoms with Crippen molar-refractivity contribution in [1.82, 2.24) is 10.6 Å². The van der Waals surface area contributed by atoms with E-state index in [4.69, 9.17) is 0 Å². The summed E-state index contributed by atoms with van der Waals surface area (Å²) >= 11 is 0. The second kappa shape index (κ2) is 6.89. The van der Waals surface area contributed by atoms with Crippen LogP contribution in [0.2, 0.25) is 0 Å². The third-order valence-corrected chi connectivity index (χ3v) is 2.24. The van der Waals surface area contributed by atoms with Crippen LogP contribution >= 0.6 is 0 Å². The fourth-order valence-electron chi connectivity index (χ4n) is 1.22. The second-order valence-corrected chi connectivity index (χ2v) is 3.30. The minimum Gasteiger partial charge on any atom is -0.352 e. The maximum absolute atomic E-state index is 11.5. The third kappa shape index (κ3) is 4.88. The Balaban J connectivity index is 3.83. The van der Waals surface area contributed by atoms with E-state index in [0.29, 0.717) is 6.04 Å². The van der Waals surface area contributed by atoms with Gasteiger partial charge in [0.1, 0.15) is 0 Å². The highest BCUT2D eigenvalue weighted by molar-refractivity contribution is 5.81. The maximum Gasteiger partial charge on any atom is 0.237 e. The number of likely N-dealkylation sites (N-methyl/N-ethyl adjacent to an activating group) is 1. The van der Waals surface area contributed by atoms with Crippen molar-refractivity contribution >= 4 is 5.91 Å². The Morgan fingerprint density at radius 3 is 2.15 bits per heavy atom. The summed E-state index contributed by atoms with van der Waals surface area (Å²) in [5.41, 5.74) is 0. The normalized spacial score (nSPS) is 13.0. The van der Waals surface area contributed by atoms with Crippen LogP contribution in [0.4, 0.5) is 0 Å². The molecule has 2 N–H and O–H groups in total. The molecule has 0 aliphatic heterocycles. The minimum atomic E-state index is -0.0781. The molecule has 3 nitrogen and oxygen atoms in total. The lowest BCUT2D eigenvalue weighted by Crippen LogP contribution is -2.45.